The molecule has 0 aliphatic heterocycles. The van der Waals surface area contributed by atoms with Crippen molar-refractivity contribution in [3.63, 3.8) is 0 Å². The van der Waals surface area contributed by atoms with Crippen LogP contribution in [0.15, 0.2) is 41.7 Å². The lowest BCUT2D eigenvalue weighted by molar-refractivity contribution is -0.126. The van der Waals surface area contributed by atoms with E-state index in [0.29, 0.717) is 17.6 Å². The van der Waals surface area contributed by atoms with Crippen molar-refractivity contribution in [2.45, 2.75) is 64.1 Å². The van der Waals surface area contributed by atoms with Gasteiger partial charge in [0, 0.05) is 41.3 Å². The predicted octanol–water partition coefficient (Wildman–Crippen LogP) is 3.42. The first-order chi connectivity index (χ1) is 15.1. The highest BCUT2D eigenvalue weighted by Gasteiger charge is 2.31. The van der Waals surface area contributed by atoms with Gasteiger partial charge in [0.1, 0.15) is 0 Å². The van der Waals surface area contributed by atoms with E-state index in [0.717, 1.165) is 62.3 Å². The molecule has 1 heterocycles. The molecule has 1 aromatic heterocycles. The van der Waals surface area contributed by atoms with Crippen molar-refractivity contribution < 1.29 is 4.79 Å². The van der Waals surface area contributed by atoms with Crippen molar-refractivity contribution in [3.8, 4) is 5.69 Å². The highest BCUT2D eigenvalue weighted by molar-refractivity contribution is 6.30. The number of rotatable bonds is 7. The first kappa shape index (κ1) is 21.7. The van der Waals surface area contributed by atoms with Crippen LogP contribution in [-0.2, 0) is 11.3 Å². The molecule has 2 aliphatic rings. The van der Waals surface area contributed by atoms with Crippen LogP contribution < -0.4 is 16.0 Å². The number of carbonyl (C=O) groups is 1. The fraction of sp³-hybridized carbons (Fsp3) is 0.522. The minimum absolute atomic E-state index is 0.104. The van der Waals surface area contributed by atoms with E-state index in [1.165, 1.54) is 0 Å². The monoisotopic (exact) mass is 442 g/mol. The van der Waals surface area contributed by atoms with E-state index < -0.39 is 0 Å². The van der Waals surface area contributed by atoms with Crippen LogP contribution >= 0.6 is 11.6 Å². The van der Waals surface area contributed by atoms with Crippen LogP contribution in [0.2, 0.25) is 5.02 Å². The van der Waals surface area contributed by atoms with Gasteiger partial charge in [-0.25, -0.2) is 9.67 Å². The minimum Gasteiger partial charge on any atom is -0.357 e. The molecule has 0 spiro atoms. The second-order valence-electron chi connectivity index (χ2n) is 8.45. The molecule has 1 aromatic carbocycles. The molecule has 2 atom stereocenters. The van der Waals surface area contributed by atoms with Crippen LogP contribution in [0.5, 0.6) is 0 Å². The molecule has 2 saturated carbocycles. The van der Waals surface area contributed by atoms with Gasteiger partial charge in [-0.15, -0.1) is 0 Å². The Labute approximate surface area is 188 Å². The number of benzene rings is 1. The molecule has 1 amide bonds. The molecule has 4 rings (SSSR count). The lowest BCUT2D eigenvalue weighted by atomic mass is 9.85. The van der Waals surface area contributed by atoms with Gasteiger partial charge in [-0.3, -0.25) is 4.79 Å². The van der Waals surface area contributed by atoms with E-state index in [1.54, 1.807) is 0 Å². The van der Waals surface area contributed by atoms with E-state index in [2.05, 4.69) is 28.0 Å². The number of hydrogen-bond acceptors (Lipinski definition) is 3. The summed E-state index contributed by atoms with van der Waals surface area (Å²) in [6.07, 6.45) is 10.0. The SMILES string of the molecule is CCNC(=NCc1cnn(-c2ccc(Cl)cc2)c1)NC1CCCC(C(=O)NC2CC2)C1. The van der Waals surface area contributed by atoms with Crippen LogP contribution in [0.4, 0.5) is 0 Å². The van der Waals surface area contributed by atoms with E-state index in [4.69, 9.17) is 16.6 Å². The van der Waals surface area contributed by atoms with E-state index in [-0.39, 0.29) is 17.9 Å². The zero-order chi connectivity index (χ0) is 21.6. The van der Waals surface area contributed by atoms with Crippen LogP contribution in [0, 0.1) is 5.92 Å². The summed E-state index contributed by atoms with van der Waals surface area (Å²) in [4.78, 5) is 17.2. The molecule has 3 N–H and O–H groups in total. The minimum atomic E-state index is 0.104. The van der Waals surface area contributed by atoms with E-state index >= 15 is 0 Å². The van der Waals surface area contributed by atoms with Gasteiger partial charge in [0.05, 0.1) is 18.4 Å². The Kier molecular flexibility index (Phi) is 7.12. The maximum absolute atomic E-state index is 12.5. The maximum atomic E-state index is 12.5. The van der Waals surface area contributed by atoms with Gasteiger partial charge in [0.2, 0.25) is 5.91 Å². The largest absolute Gasteiger partial charge is 0.357 e. The Morgan fingerprint density at radius 2 is 1.97 bits per heavy atom. The number of halogens is 1. The molecule has 7 nitrogen and oxygen atoms in total. The van der Waals surface area contributed by atoms with Gasteiger partial charge in [-0.2, -0.15) is 5.10 Å². The number of guanidine groups is 1. The van der Waals surface area contributed by atoms with Gasteiger partial charge in [-0.1, -0.05) is 18.0 Å². The maximum Gasteiger partial charge on any atom is 0.223 e. The van der Waals surface area contributed by atoms with Gasteiger partial charge in [-0.05, 0) is 63.3 Å². The smallest absolute Gasteiger partial charge is 0.223 e. The van der Waals surface area contributed by atoms with Crippen LogP contribution in [0.3, 0.4) is 0 Å². The quantitative estimate of drug-likeness (QED) is 0.453. The third-order valence-electron chi connectivity index (χ3n) is 5.80. The van der Waals surface area contributed by atoms with Crippen molar-refractivity contribution >= 4 is 23.5 Å². The molecule has 166 valence electrons. The standard InChI is InChI=1S/C23H31ClN6O/c1-2-25-23(29-20-5-3-4-17(12-20)22(31)28-19-8-9-19)26-13-16-14-27-30(15-16)21-10-6-18(24)7-11-21/h6-7,10-11,14-15,17,19-20H,2-5,8-9,12-13H2,1H3,(H,28,31)(H2,25,26,29). The average molecular weight is 443 g/mol. The lowest BCUT2D eigenvalue weighted by Crippen LogP contribution is -2.47. The summed E-state index contributed by atoms with van der Waals surface area (Å²) in [6.45, 7) is 3.37. The fourth-order valence-corrected chi connectivity index (χ4v) is 4.09. The molecule has 0 saturated heterocycles. The zero-order valence-electron chi connectivity index (χ0n) is 18.0. The summed E-state index contributed by atoms with van der Waals surface area (Å²) in [7, 11) is 0. The van der Waals surface area contributed by atoms with Crippen molar-refractivity contribution in [1.82, 2.24) is 25.7 Å². The molecule has 2 unspecified atom stereocenters. The summed E-state index contributed by atoms with van der Waals surface area (Å²) < 4.78 is 1.83. The van der Waals surface area contributed by atoms with Gasteiger partial charge in [0.15, 0.2) is 5.96 Å². The molecule has 0 bridgehead atoms. The van der Waals surface area contributed by atoms with Gasteiger partial charge >= 0.3 is 0 Å². The summed E-state index contributed by atoms with van der Waals surface area (Å²) in [5.74, 6) is 1.12. The zero-order valence-corrected chi connectivity index (χ0v) is 18.7. The Hall–Kier alpha value is -2.54. The molecule has 2 aliphatic carbocycles. The number of aliphatic imine (C=N–C) groups is 1. The number of aromatic nitrogens is 2. The Balaban J connectivity index is 1.34. The molecule has 2 fully saturated rings. The Bertz CT molecular complexity index is 905. The first-order valence-corrected chi connectivity index (χ1v) is 11.6. The average Bonchev–Trinajstić information content (AvgIpc) is 3.46. The van der Waals surface area contributed by atoms with E-state index in [1.807, 2.05) is 41.3 Å². The van der Waals surface area contributed by atoms with Gasteiger partial charge in [0.25, 0.3) is 0 Å². The number of hydrogen-bond donors (Lipinski definition) is 3. The molecular formula is C23H31ClN6O. The molecule has 31 heavy (non-hydrogen) atoms. The fourth-order valence-electron chi connectivity index (χ4n) is 3.97. The summed E-state index contributed by atoms with van der Waals surface area (Å²) in [6, 6.07) is 8.27. The van der Waals surface area contributed by atoms with Crippen molar-refractivity contribution in [3.05, 3.63) is 47.2 Å². The first-order valence-electron chi connectivity index (χ1n) is 11.3. The summed E-state index contributed by atoms with van der Waals surface area (Å²) in [5, 5.41) is 15.2. The van der Waals surface area contributed by atoms with Crippen molar-refractivity contribution in [2.75, 3.05) is 6.54 Å². The van der Waals surface area contributed by atoms with Crippen molar-refractivity contribution in [2.24, 2.45) is 10.9 Å². The van der Waals surface area contributed by atoms with E-state index in [9.17, 15) is 4.79 Å². The van der Waals surface area contributed by atoms with Crippen LogP contribution in [0.1, 0.15) is 51.0 Å². The molecule has 0 radical (unpaired) electrons. The highest BCUT2D eigenvalue weighted by Crippen LogP contribution is 2.26. The number of nitrogens with zero attached hydrogens (tertiary/aromatic N) is 3. The number of amides is 1. The molecular weight excluding hydrogens is 412 g/mol. The predicted molar refractivity (Wildman–Crippen MR) is 123 cm³/mol. The Morgan fingerprint density at radius 1 is 1.16 bits per heavy atom. The molecule has 2 aromatic rings. The third-order valence-corrected chi connectivity index (χ3v) is 6.05. The molecule has 8 heteroatoms. The van der Waals surface area contributed by atoms with Crippen molar-refractivity contribution in [1.29, 1.82) is 0 Å². The van der Waals surface area contributed by atoms with Gasteiger partial charge < -0.3 is 16.0 Å². The second kappa shape index (κ2) is 10.2. The highest BCUT2D eigenvalue weighted by atomic mass is 35.5. The number of nitrogens with one attached hydrogen (secondary N) is 3. The third kappa shape index (κ3) is 6.23. The summed E-state index contributed by atoms with van der Waals surface area (Å²) >= 11 is 5.97. The number of carbonyl (C=O) groups excluding carboxylic acids is 1. The summed E-state index contributed by atoms with van der Waals surface area (Å²) in [5.41, 5.74) is 1.99. The normalized spacial score (nSPS) is 21.5. The van der Waals surface area contributed by atoms with Crippen LogP contribution in [-0.4, -0.2) is 40.3 Å². The topological polar surface area (TPSA) is 83.3 Å². The van der Waals surface area contributed by atoms with Crippen LogP contribution in [0.25, 0.3) is 5.69 Å². The lowest BCUT2D eigenvalue weighted by Gasteiger charge is -2.30. The Morgan fingerprint density at radius 3 is 2.71 bits per heavy atom. The second-order valence-corrected chi connectivity index (χ2v) is 8.89.